The lowest BCUT2D eigenvalue weighted by molar-refractivity contribution is -0.899. The Balaban J connectivity index is 1.55. The monoisotopic (exact) mass is 418 g/mol. The van der Waals surface area contributed by atoms with Gasteiger partial charge in [-0.05, 0) is 31.9 Å². The van der Waals surface area contributed by atoms with Crippen LogP contribution in [0.5, 0.6) is 0 Å². The first kappa shape index (κ1) is 20.8. The Morgan fingerprint density at radius 3 is 2.61 bits per heavy atom. The number of nitrogens with zero attached hydrogens (tertiary/aromatic N) is 2. The Hall–Kier alpha value is -3.45. The Kier molecular flexibility index (Phi) is 6.13. The third kappa shape index (κ3) is 5.00. The molecule has 1 fully saturated rings. The van der Waals surface area contributed by atoms with E-state index in [1.807, 2.05) is 67.6 Å². The maximum Gasteiger partial charge on any atom is 0.280 e. The van der Waals surface area contributed by atoms with Gasteiger partial charge in [-0.25, -0.2) is 4.68 Å². The number of quaternary nitrogens is 1. The number of para-hydroxylation sites is 1. The molecule has 0 saturated carbocycles. The highest BCUT2D eigenvalue weighted by Crippen LogP contribution is 2.25. The van der Waals surface area contributed by atoms with E-state index in [4.69, 9.17) is 10.8 Å². The zero-order valence-electron chi connectivity index (χ0n) is 17.7. The van der Waals surface area contributed by atoms with Gasteiger partial charge in [-0.2, -0.15) is 5.10 Å². The molecule has 2 heterocycles. The molecule has 2 amide bonds. The summed E-state index contributed by atoms with van der Waals surface area (Å²) in [5.41, 5.74) is 9.30. The first-order chi connectivity index (χ1) is 15.0. The minimum atomic E-state index is -0.275. The van der Waals surface area contributed by atoms with Crippen molar-refractivity contribution in [2.45, 2.75) is 19.8 Å². The fourth-order valence-electron chi connectivity index (χ4n) is 4.07. The minimum Gasteiger partial charge on any atom is -0.369 e. The molecule has 0 aliphatic carbocycles. The molecule has 1 saturated heterocycles. The topological polar surface area (TPSA) is 94.5 Å². The van der Waals surface area contributed by atoms with Crippen molar-refractivity contribution in [2.75, 3.05) is 25.0 Å². The number of carbonyl (C=O) groups excluding carboxylic acids is 2. The first-order valence-electron chi connectivity index (χ1n) is 10.6. The lowest BCUT2D eigenvalue weighted by atomic mass is 9.97. The average Bonchev–Trinajstić information content (AvgIpc) is 3.18. The van der Waals surface area contributed by atoms with Gasteiger partial charge in [0.2, 0.25) is 5.91 Å². The van der Waals surface area contributed by atoms with E-state index < -0.39 is 0 Å². The molecule has 1 aliphatic heterocycles. The van der Waals surface area contributed by atoms with E-state index in [0.29, 0.717) is 18.9 Å². The van der Waals surface area contributed by atoms with Gasteiger partial charge in [0.25, 0.3) is 5.91 Å². The number of hydrogen-bond acceptors (Lipinski definition) is 3. The molecule has 31 heavy (non-hydrogen) atoms. The molecule has 4 rings (SSSR count). The summed E-state index contributed by atoms with van der Waals surface area (Å²) in [6.45, 7) is 3.81. The molecule has 7 nitrogen and oxygen atoms in total. The van der Waals surface area contributed by atoms with Gasteiger partial charge in [-0.15, -0.1) is 0 Å². The van der Waals surface area contributed by atoms with Crippen LogP contribution in [0.3, 0.4) is 0 Å². The van der Waals surface area contributed by atoms with Gasteiger partial charge in [0.05, 0.1) is 30.4 Å². The van der Waals surface area contributed by atoms with Gasteiger partial charge in [0.1, 0.15) is 5.82 Å². The molecule has 2 aromatic carbocycles. The van der Waals surface area contributed by atoms with E-state index in [1.165, 1.54) is 5.56 Å². The largest absolute Gasteiger partial charge is 0.369 e. The Morgan fingerprint density at radius 2 is 1.90 bits per heavy atom. The Bertz CT molecular complexity index is 1060. The normalized spacial score (nSPS) is 18.5. The molecule has 0 spiro atoms. The smallest absolute Gasteiger partial charge is 0.280 e. The van der Waals surface area contributed by atoms with Crippen molar-refractivity contribution in [2.24, 2.45) is 11.7 Å². The highest BCUT2D eigenvalue weighted by atomic mass is 16.2. The zero-order chi connectivity index (χ0) is 21.8. The number of aromatic nitrogens is 2. The SMILES string of the molecule is Cc1ccc(-c2cc(NC(=O)C[NH+]3CCC[C@@H](C(N)=O)C3)n(-c3ccccc3)n2)cc1. The summed E-state index contributed by atoms with van der Waals surface area (Å²) < 4.78 is 1.75. The van der Waals surface area contributed by atoms with Gasteiger partial charge >= 0.3 is 0 Å². The van der Waals surface area contributed by atoms with Crippen LogP contribution in [0.4, 0.5) is 5.82 Å². The van der Waals surface area contributed by atoms with Crippen LogP contribution in [0.15, 0.2) is 60.7 Å². The molecule has 1 aliphatic rings. The van der Waals surface area contributed by atoms with E-state index in [1.54, 1.807) is 4.68 Å². The van der Waals surface area contributed by atoms with Crippen LogP contribution in [-0.2, 0) is 9.59 Å². The van der Waals surface area contributed by atoms with Gasteiger partial charge < -0.3 is 16.0 Å². The molecule has 2 atom stereocenters. The number of carbonyl (C=O) groups is 2. The van der Waals surface area contributed by atoms with Crippen LogP contribution in [0.25, 0.3) is 16.9 Å². The summed E-state index contributed by atoms with van der Waals surface area (Å²) in [7, 11) is 0. The first-order valence-corrected chi connectivity index (χ1v) is 10.6. The highest BCUT2D eigenvalue weighted by molar-refractivity contribution is 5.91. The third-order valence-electron chi connectivity index (χ3n) is 5.76. The number of rotatable bonds is 6. The number of likely N-dealkylation sites (tertiary alicyclic amines) is 1. The summed E-state index contributed by atoms with van der Waals surface area (Å²) in [4.78, 5) is 25.5. The fraction of sp³-hybridized carbons (Fsp3) is 0.292. The molecule has 160 valence electrons. The van der Waals surface area contributed by atoms with Gasteiger partial charge in [-0.3, -0.25) is 9.59 Å². The second kappa shape index (κ2) is 9.14. The van der Waals surface area contributed by atoms with Crippen molar-refractivity contribution >= 4 is 17.6 Å². The van der Waals surface area contributed by atoms with Crippen LogP contribution < -0.4 is 16.0 Å². The summed E-state index contributed by atoms with van der Waals surface area (Å²) in [5.74, 6) is 0.0873. The number of benzene rings is 2. The summed E-state index contributed by atoms with van der Waals surface area (Å²) >= 11 is 0. The Labute approximate surface area is 181 Å². The summed E-state index contributed by atoms with van der Waals surface area (Å²) in [5, 5.41) is 7.78. The van der Waals surface area contributed by atoms with E-state index in [-0.39, 0.29) is 17.7 Å². The number of piperidine rings is 1. The molecule has 7 heteroatoms. The number of aryl methyl sites for hydroxylation is 1. The van der Waals surface area contributed by atoms with Crippen LogP contribution in [0, 0.1) is 12.8 Å². The number of anilines is 1. The van der Waals surface area contributed by atoms with Gasteiger partial charge in [0.15, 0.2) is 6.54 Å². The van der Waals surface area contributed by atoms with E-state index in [0.717, 1.165) is 41.2 Å². The van der Waals surface area contributed by atoms with E-state index in [2.05, 4.69) is 5.32 Å². The molecule has 0 bridgehead atoms. The van der Waals surface area contributed by atoms with Crippen molar-refractivity contribution in [1.29, 1.82) is 0 Å². The molecule has 4 N–H and O–H groups in total. The van der Waals surface area contributed by atoms with Crippen molar-refractivity contribution in [1.82, 2.24) is 9.78 Å². The maximum atomic E-state index is 12.8. The molecule has 0 radical (unpaired) electrons. The van der Waals surface area contributed by atoms with Crippen molar-refractivity contribution in [3.8, 4) is 16.9 Å². The van der Waals surface area contributed by atoms with Crippen LogP contribution in [0.1, 0.15) is 18.4 Å². The fourth-order valence-corrected chi connectivity index (χ4v) is 4.07. The third-order valence-corrected chi connectivity index (χ3v) is 5.76. The van der Waals surface area contributed by atoms with Gasteiger partial charge in [-0.1, -0.05) is 48.0 Å². The minimum absolute atomic E-state index is 0.104. The molecular formula is C24H28N5O2+. The molecule has 1 aromatic heterocycles. The number of nitrogens with two attached hydrogens (primary N) is 1. The lowest BCUT2D eigenvalue weighted by Gasteiger charge is -2.27. The molecule has 1 unspecified atom stereocenters. The van der Waals surface area contributed by atoms with E-state index >= 15 is 0 Å². The molecule has 3 aromatic rings. The van der Waals surface area contributed by atoms with Crippen molar-refractivity contribution in [3.63, 3.8) is 0 Å². The molecular weight excluding hydrogens is 390 g/mol. The maximum absolute atomic E-state index is 12.8. The second-order valence-electron chi connectivity index (χ2n) is 8.20. The standard InChI is InChI=1S/C24H27N5O2/c1-17-9-11-18(12-10-17)21-14-22(29(27-21)20-7-3-2-4-8-20)26-23(30)16-28-13-5-6-19(15-28)24(25)31/h2-4,7-12,14,19H,5-6,13,15-16H2,1H3,(H2,25,31)(H,26,30)/p+1/t19-/m1/s1. The van der Waals surface area contributed by atoms with Crippen LogP contribution >= 0.6 is 0 Å². The van der Waals surface area contributed by atoms with Crippen molar-refractivity contribution < 1.29 is 14.5 Å². The number of amides is 2. The van der Waals surface area contributed by atoms with E-state index in [9.17, 15) is 9.59 Å². The van der Waals surface area contributed by atoms with Crippen LogP contribution in [0.2, 0.25) is 0 Å². The number of primary amides is 1. The zero-order valence-corrected chi connectivity index (χ0v) is 17.7. The quantitative estimate of drug-likeness (QED) is 0.567. The van der Waals surface area contributed by atoms with Crippen molar-refractivity contribution in [3.05, 3.63) is 66.2 Å². The number of hydrogen-bond donors (Lipinski definition) is 3. The number of nitrogens with one attached hydrogen (secondary N) is 2. The second-order valence-corrected chi connectivity index (χ2v) is 8.20. The predicted molar refractivity (Wildman–Crippen MR) is 120 cm³/mol. The van der Waals surface area contributed by atoms with Gasteiger partial charge in [0, 0.05) is 11.6 Å². The summed E-state index contributed by atoms with van der Waals surface area (Å²) in [6.07, 6.45) is 1.71. The van der Waals surface area contributed by atoms with Crippen LogP contribution in [-0.4, -0.2) is 41.2 Å². The highest BCUT2D eigenvalue weighted by Gasteiger charge is 2.28. The lowest BCUT2D eigenvalue weighted by Crippen LogP contribution is -3.14. The predicted octanol–water partition coefficient (Wildman–Crippen LogP) is 1.57. The average molecular weight is 419 g/mol. The summed E-state index contributed by atoms with van der Waals surface area (Å²) in [6, 6.07) is 19.8. The Morgan fingerprint density at radius 1 is 1.16 bits per heavy atom.